The van der Waals surface area contributed by atoms with Crippen molar-refractivity contribution < 1.29 is 0 Å². The number of nitrogens with one attached hydrogen (secondary N) is 1. The summed E-state index contributed by atoms with van der Waals surface area (Å²) < 4.78 is 0. The summed E-state index contributed by atoms with van der Waals surface area (Å²) in [6.45, 7) is 3.22. The van der Waals surface area contributed by atoms with Gasteiger partial charge in [-0.3, -0.25) is 0 Å². The molecule has 0 spiro atoms. The molecule has 0 aromatic carbocycles. The Labute approximate surface area is 80.3 Å². The molecule has 72 valence electrons. The van der Waals surface area contributed by atoms with E-state index in [0.717, 1.165) is 19.4 Å². The van der Waals surface area contributed by atoms with E-state index in [9.17, 15) is 0 Å². The van der Waals surface area contributed by atoms with Crippen LogP contribution in [0.5, 0.6) is 0 Å². The molecule has 2 aliphatic rings. The van der Waals surface area contributed by atoms with E-state index in [0.29, 0.717) is 5.54 Å². The quantitative estimate of drug-likeness (QED) is 0.719. The van der Waals surface area contributed by atoms with Crippen molar-refractivity contribution in [2.45, 2.75) is 51.0 Å². The van der Waals surface area contributed by atoms with Gasteiger partial charge in [-0.1, -0.05) is 12.8 Å². The van der Waals surface area contributed by atoms with Crippen molar-refractivity contribution in [1.82, 2.24) is 5.32 Å². The van der Waals surface area contributed by atoms with Crippen LogP contribution in [0.25, 0.3) is 0 Å². The van der Waals surface area contributed by atoms with Crippen LogP contribution in [0.2, 0.25) is 0 Å². The van der Waals surface area contributed by atoms with Crippen molar-refractivity contribution in [2.75, 3.05) is 6.54 Å². The Morgan fingerprint density at radius 3 is 2.31 bits per heavy atom. The van der Waals surface area contributed by atoms with Crippen LogP contribution in [0.3, 0.4) is 0 Å². The molecule has 2 rings (SSSR count). The number of hydrogen-bond donors (Lipinski definition) is 1. The molecule has 0 saturated heterocycles. The number of hydrogen-bond acceptors (Lipinski definition) is 2. The van der Waals surface area contributed by atoms with Crippen molar-refractivity contribution in [3.63, 3.8) is 0 Å². The van der Waals surface area contributed by atoms with Gasteiger partial charge in [-0.05, 0) is 32.6 Å². The number of rotatable bonds is 3. The third-order valence-electron chi connectivity index (χ3n) is 3.65. The molecular weight excluding hydrogens is 160 g/mol. The molecule has 1 N–H and O–H groups in total. The molecule has 13 heavy (non-hydrogen) atoms. The molecule has 0 heterocycles. The summed E-state index contributed by atoms with van der Waals surface area (Å²) in [5.74, 6) is 0. The zero-order valence-corrected chi connectivity index (χ0v) is 8.40. The first-order valence-electron chi connectivity index (χ1n) is 5.34. The van der Waals surface area contributed by atoms with E-state index in [4.69, 9.17) is 5.26 Å². The van der Waals surface area contributed by atoms with Crippen molar-refractivity contribution in [3.8, 4) is 6.07 Å². The smallest absolute Gasteiger partial charge is 0.0703 e. The fourth-order valence-electron chi connectivity index (χ4n) is 2.19. The van der Waals surface area contributed by atoms with E-state index in [1.165, 1.54) is 25.7 Å². The van der Waals surface area contributed by atoms with Gasteiger partial charge in [0.1, 0.15) is 0 Å². The van der Waals surface area contributed by atoms with Crippen molar-refractivity contribution in [3.05, 3.63) is 0 Å². The Morgan fingerprint density at radius 1 is 1.23 bits per heavy atom. The Hall–Kier alpha value is -0.550. The zero-order valence-electron chi connectivity index (χ0n) is 8.40. The average Bonchev–Trinajstić information content (AvgIpc) is 2.81. The molecule has 0 atom stereocenters. The molecule has 2 saturated carbocycles. The molecular formula is C11H18N2. The minimum atomic E-state index is 0.0194. The van der Waals surface area contributed by atoms with Crippen molar-refractivity contribution >= 4 is 0 Å². The topological polar surface area (TPSA) is 35.8 Å². The third-order valence-corrected chi connectivity index (χ3v) is 3.65. The molecule has 2 nitrogen and oxygen atoms in total. The van der Waals surface area contributed by atoms with Gasteiger partial charge in [0.2, 0.25) is 0 Å². The summed E-state index contributed by atoms with van der Waals surface area (Å²) in [5.41, 5.74) is 0.359. The second kappa shape index (κ2) is 2.99. The Kier molecular flexibility index (Phi) is 2.08. The summed E-state index contributed by atoms with van der Waals surface area (Å²) in [7, 11) is 0. The lowest BCUT2D eigenvalue weighted by atomic mass is 9.99. The molecule has 0 aliphatic heterocycles. The molecule has 2 fully saturated rings. The van der Waals surface area contributed by atoms with Gasteiger partial charge in [-0.25, -0.2) is 0 Å². The highest BCUT2D eigenvalue weighted by atomic mass is 15.0. The van der Waals surface area contributed by atoms with Gasteiger partial charge >= 0.3 is 0 Å². The van der Waals surface area contributed by atoms with E-state index < -0.39 is 0 Å². The lowest BCUT2D eigenvalue weighted by molar-refractivity contribution is 0.343. The van der Waals surface area contributed by atoms with Crippen LogP contribution in [0.15, 0.2) is 0 Å². The van der Waals surface area contributed by atoms with Crippen LogP contribution in [-0.2, 0) is 0 Å². The monoisotopic (exact) mass is 178 g/mol. The molecule has 0 amide bonds. The van der Waals surface area contributed by atoms with Crippen molar-refractivity contribution in [2.24, 2.45) is 5.41 Å². The van der Waals surface area contributed by atoms with E-state index in [1.54, 1.807) is 0 Å². The normalized spacial score (nSPS) is 28.3. The maximum Gasteiger partial charge on any atom is 0.0703 e. The second-order valence-corrected chi connectivity index (χ2v) is 5.01. The standard InChI is InChI=1S/C11H18N2/c1-10(4-2-3-5-10)13-9-11(8-12)6-7-11/h13H,2-7,9H2,1H3. The maximum atomic E-state index is 8.92. The van der Waals surface area contributed by atoms with Gasteiger partial charge in [0.15, 0.2) is 0 Å². The molecule has 0 unspecified atom stereocenters. The Bertz CT molecular complexity index is 229. The van der Waals surface area contributed by atoms with E-state index in [1.807, 2.05) is 0 Å². The average molecular weight is 178 g/mol. The minimum absolute atomic E-state index is 0.0194. The van der Waals surface area contributed by atoms with E-state index >= 15 is 0 Å². The van der Waals surface area contributed by atoms with E-state index in [-0.39, 0.29) is 5.41 Å². The highest BCUT2D eigenvalue weighted by molar-refractivity contribution is 5.12. The van der Waals surface area contributed by atoms with E-state index in [2.05, 4.69) is 18.3 Å². The van der Waals surface area contributed by atoms with Crippen LogP contribution >= 0.6 is 0 Å². The summed E-state index contributed by atoms with van der Waals surface area (Å²) in [6.07, 6.45) is 7.48. The summed E-state index contributed by atoms with van der Waals surface area (Å²) in [5, 5.41) is 12.5. The van der Waals surface area contributed by atoms with Gasteiger partial charge in [0.05, 0.1) is 11.5 Å². The highest BCUT2D eigenvalue weighted by Crippen LogP contribution is 2.45. The Balaban J connectivity index is 1.82. The largest absolute Gasteiger partial charge is 0.310 e. The summed E-state index contributed by atoms with van der Waals surface area (Å²) in [6, 6.07) is 2.43. The van der Waals surface area contributed by atoms with Crippen LogP contribution in [0.1, 0.15) is 45.4 Å². The van der Waals surface area contributed by atoms with Gasteiger partial charge < -0.3 is 5.32 Å². The maximum absolute atomic E-state index is 8.92. The first-order valence-corrected chi connectivity index (χ1v) is 5.34. The van der Waals surface area contributed by atoms with Crippen LogP contribution in [0.4, 0.5) is 0 Å². The highest BCUT2D eigenvalue weighted by Gasteiger charge is 2.44. The second-order valence-electron chi connectivity index (χ2n) is 5.01. The molecule has 2 heteroatoms. The first kappa shape index (κ1) is 9.02. The van der Waals surface area contributed by atoms with Crippen LogP contribution in [0, 0.1) is 16.7 Å². The predicted molar refractivity (Wildman–Crippen MR) is 52.2 cm³/mol. The lowest BCUT2D eigenvalue weighted by Crippen LogP contribution is -2.42. The summed E-state index contributed by atoms with van der Waals surface area (Å²) >= 11 is 0. The Morgan fingerprint density at radius 2 is 1.85 bits per heavy atom. The number of nitriles is 1. The van der Waals surface area contributed by atoms with Crippen LogP contribution < -0.4 is 5.32 Å². The van der Waals surface area contributed by atoms with Crippen molar-refractivity contribution in [1.29, 1.82) is 5.26 Å². The molecule has 0 aromatic rings. The molecule has 2 aliphatic carbocycles. The predicted octanol–water partition coefficient (Wildman–Crippen LogP) is 2.21. The lowest BCUT2D eigenvalue weighted by Gasteiger charge is -2.26. The van der Waals surface area contributed by atoms with Gasteiger partial charge in [0.25, 0.3) is 0 Å². The molecule has 0 bridgehead atoms. The molecule has 0 radical (unpaired) electrons. The fourth-order valence-corrected chi connectivity index (χ4v) is 2.19. The fraction of sp³-hybridized carbons (Fsp3) is 0.909. The van der Waals surface area contributed by atoms with Gasteiger partial charge in [-0.2, -0.15) is 5.26 Å². The zero-order chi connectivity index (χ0) is 9.36. The van der Waals surface area contributed by atoms with Gasteiger partial charge in [-0.15, -0.1) is 0 Å². The third kappa shape index (κ3) is 1.86. The summed E-state index contributed by atoms with van der Waals surface area (Å²) in [4.78, 5) is 0. The molecule has 0 aromatic heterocycles. The SMILES string of the molecule is CC1(NCC2(C#N)CC2)CCCC1. The number of nitrogens with zero attached hydrogens (tertiary/aromatic N) is 1. The first-order chi connectivity index (χ1) is 6.18. The van der Waals surface area contributed by atoms with Crippen LogP contribution in [-0.4, -0.2) is 12.1 Å². The minimum Gasteiger partial charge on any atom is -0.310 e. The van der Waals surface area contributed by atoms with Gasteiger partial charge in [0, 0.05) is 12.1 Å².